The highest BCUT2D eigenvalue weighted by atomic mass is 15.2. The van der Waals surface area contributed by atoms with Gasteiger partial charge in [-0.3, -0.25) is 4.98 Å². The minimum atomic E-state index is 0.401. The summed E-state index contributed by atoms with van der Waals surface area (Å²) < 4.78 is 0. The Labute approximate surface area is 103 Å². The third-order valence-electron chi connectivity index (χ3n) is 4.27. The number of hydrogen-bond donors (Lipinski definition) is 1. The Bertz CT molecular complexity index is 390. The molecule has 0 radical (unpaired) electrons. The molecule has 2 fully saturated rings. The van der Waals surface area contributed by atoms with Gasteiger partial charge in [0.05, 0.1) is 11.4 Å². The van der Waals surface area contributed by atoms with Gasteiger partial charge in [-0.2, -0.15) is 0 Å². The van der Waals surface area contributed by atoms with Gasteiger partial charge in [0.2, 0.25) is 0 Å². The maximum absolute atomic E-state index is 6.16. The summed E-state index contributed by atoms with van der Waals surface area (Å²) in [5, 5.41) is 0. The fraction of sp³-hybridized carbons (Fsp3) is 0.643. The van der Waals surface area contributed by atoms with Crippen molar-refractivity contribution in [3.05, 3.63) is 24.0 Å². The van der Waals surface area contributed by atoms with Crippen molar-refractivity contribution in [3.8, 4) is 0 Å². The van der Waals surface area contributed by atoms with Gasteiger partial charge >= 0.3 is 0 Å². The van der Waals surface area contributed by atoms with E-state index in [2.05, 4.69) is 22.9 Å². The van der Waals surface area contributed by atoms with Crippen molar-refractivity contribution < 1.29 is 0 Å². The van der Waals surface area contributed by atoms with Crippen molar-refractivity contribution in [1.82, 2.24) is 4.98 Å². The van der Waals surface area contributed by atoms with Crippen LogP contribution in [0.1, 0.15) is 37.8 Å². The fourth-order valence-corrected chi connectivity index (χ4v) is 3.57. The van der Waals surface area contributed by atoms with Gasteiger partial charge in [0.15, 0.2) is 0 Å². The zero-order chi connectivity index (χ0) is 11.8. The van der Waals surface area contributed by atoms with Gasteiger partial charge in [-0.05, 0) is 51.2 Å². The summed E-state index contributed by atoms with van der Waals surface area (Å²) in [6, 6.07) is 5.94. The highest BCUT2D eigenvalue weighted by Gasteiger charge is 2.37. The minimum Gasteiger partial charge on any atom is -0.364 e. The summed E-state index contributed by atoms with van der Waals surface area (Å²) >= 11 is 0. The van der Waals surface area contributed by atoms with Crippen molar-refractivity contribution in [2.45, 2.75) is 57.2 Å². The van der Waals surface area contributed by atoms with Crippen molar-refractivity contribution >= 4 is 5.69 Å². The van der Waals surface area contributed by atoms with E-state index >= 15 is 0 Å². The van der Waals surface area contributed by atoms with Gasteiger partial charge in [0, 0.05) is 24.3 Å². The minimum absolute atomic E-state index is 0.401. The molecule has 3 heteroatoms. The summed E-state index contributed by atoms with van der Waals surface area (Å²) in [7, 11) is 0. The highest BCUT2D eigenvalue weighted by Crippen LogP contribution is 2.37. The maximum atomic E-state index is 6.16. The predicted octanol–water partition coefficient (Wildman–Crippen LogP) is 2.24. The molecular weight excluding hydrogens is 210 g/mol. The van der Waals surface area contributed by atoms with Gasteiger partial charge in [-0.1, -0.05) is 0 Å². The summed E-state index contributed by atoms with van der Waals surface area (Å²) in [6.07, 6.45) is 8.11. The second-order valence-electron chi connectivity index (χ2n) is 5.49. The molecule has 1 aromatic heterocycles. The number of hydrogen-bond acceptors (Lipinski definition) is 3. The molecule has 3 heterocycles. The van der Waals surface area contributed by atoms with Crippen LogP contribution in [0, 0.1) is 6.92 Å². The van der Waals surface area contributed by atoms with Crippen LogP contribution in [0.5, 0.6) is 0 Å². The van der Waals surface area contributed by atoms with Crippen LogP contribution in [0.3, 0.4) is 0 Å². The van der Waals surface area contributed by atoms with Gasteiger partial charge in [-0.15, -0.1) is 0 Å². The molecule has 2 atom stereocenters. The predicted molar refractivity (Wildman–Crippen MR) is 70.1 cm³/mol. The molecule has 2 saturated heterocycles. The number of rotatable bonds is 1. The molecule has 2 bridgehead atoms. The number of piperidine rings is 2. The molecule has 2 aliphatic heterocycles. The molecule has 3 nitrogen and oxygen atoms in total. The standard InChI is InChI=1S/C14H21N3/c1-10-14(6-3-7-16-10)17-12-4-2-5-13(17)9-11(15)8-12/h3,6-7,11-13H,2,4-5,8-9,15H2,1H3. The van der Waals surface area contributed by atoms with Crippen LogP contribution in [0.25, 0.3) is 0 Å². The zero-order valence-electron chi connectivity index (χ0n) is 10.5. The van der Waals surface area contributed by atoms with E-state index in [0.717, 1.165) is 18.5 Å². The van der Waals surface area contributed by atoms with E-state index in [1.54, 1.807) is 0 Å². The van der Waals surface area contributed by atoms with E-state index in [1.165, 1.54) is 24.9 Å². The molecule has 2 aliphatic rings. The number of nitrogens with two attached hydrogens (primary N) is 1. The van der Waals surface area contributed by atoms with Gasteiger partial charge in [0.1, 0.15) is 0 Å². The summed E-state index contributed by atoms with van der Waals surface area (Å²) in [5.41, 5.74) is 8.64. The molecule has 0 aromatic carbocycles. The number of nitrogens with zero attached hydrogens (tertiary/aromatic N) is 2. The van der Waals surface area contributed by atoms with Crippen LogP contribution < -0.4 is 10.6 Å². The lowest BCUT2D eigenvalue weighted by atomic mass is 9.81. The third kappa shape index (κ3) is 1.93. The highest BCUT2D eigenvalue weighted by molar-refractivity contribution is 5.53. The van der Waals surface area contributed by atoms with Crippen molar-refractivity contribution in [1.29, 1.82) is 0 Å². The largest absolute Gasteiger partial charge is 0.364 e. The smallest absolute Gasteiger partial charge is 0.0605 e. The van der Waals surface area contributed by atoms with Crippen LogP contribution in [-0.4, -0.2) is 23.1 Å². The molecule has 0 saturated carbocycles. The Morgan fingerprint density at radius 2 is 2.00 bits per heavy atom. The molecule has 2 N–H and O–H groups in total. The van der Waals surface area contributed by atoms with Crippen LogP contribution in [0.15, 0.2) is 18.3 Å². The van der Waals surface area contributed by atoms with E-state index in [0.29, 0.717) is 18.1 Å². The van der Waals surface area contributed by atoms with Gasteiger partial charge < -0.3 is 10.6 Å². The number of anilines is 1. The topological polar surface area (TPSA) is 42.2 Å². The van der Waals surface area contributed by atoms with E-state index in [4.69, 9.17) is 5.73 Å². The Hall–Kier alpha value is -1.09. The zero-order valence-corrected chi connectivity index (χ0v) is 10.5. The third-order valence-corrected chi connectivity index (χ3v) is 4.27. The van der Waals surface area contributed by atoms with E-state index in [1.807, 2.05) is 12.3 Å². The van der Waals surface area contributed by atoms with Crippen LogP contribution in [-0.2, 0) is 0 Å². The lowest BCUT2D eigenvalue weighted by molar-refractivity contribution is 0.271. The fourth-order valence-electron chi connectivity index (χ4n) is 3.57. The summed E-state index contributed by atoms with van der Waals surface area (Å²) in [5.74, 6) is 0. The molecule has 92 valence electrons. The molecule has 0 spiro atoms. The Morgan fingerprint density at radius 1 is 1.29 bits per heavy atom. The first kappa shape index (κ1) is 11.0. The second-order valence-corrected chi connectivity index (χ2v) is 5.49. The summed E-state index contributed by atoms with van der Waals surface area (Å²) in [4.78, 5) is 7.03. The average molecular weight is 231 g/mol. The first-order valence-corrected chi connectivity index (χ1v) is 6.71. The SMILES string of the molecule is Cc1ncccc1N1C2CCCC1CC(N)C2. The number of aryl methyl sites for hydroxylation is 1. The quantitative estimate of drug-likeness (QED) is 0.806. The second kappa shape index (κ2) is 4.30. The Morgan fingerprint density at radius 3 is 2.65 bits per heavy atom. The van der Waals surface area contributed by atoms with Gasteiger partial charge in [-0.25, -0.2) is 0 Å². The number of aromatic nitrogens is 1. The maximum Gasteiger partial charge on any atom is 0.0605 e. The molecule has 2 unspecified atom stereocenters. The molecular formula is C14H21N3. The summed E-state index contributed by atoms with van der Waals surface area (Å²) in [6.45, 7) is 2.11. The first-order valence-electron chi connectivity index (χ1n) is 6.71. The molecule has 1 aromatic rings. The molecule has 3 rings (SSSR count). The van der Waals surface area contributed by atoms with Crippen molar-refractivity contribution in [2.75, 3.05) is 4.90 Å². The van der Waals surface area contributed by atoms with Gasteiger partial charge in [0.25, 0.3) is 0 Å². The Kier molecular flexibility index (Phi) is 2.79. The number of pyridine rings is 1. The normalized spacial score (nSPS) is 32.6. The van der Waals surface area contributed by atoms with E-state index in [9.17, 15) is 0 Å². The monoisotopic (exact) mass is 231 g/mol. The first-order chi connectivity index (χ1) is 8.25. The number of fused-ring (bicyclic) bond motifs is 2. The molecule has 17 heavy (non-hydrogen) atoms. The van der Waals surface area contributed by atoms with E-state index < -0.39 is 0 Å². The molecule has 0 amide bonds. The van der Waals surface area contributed by atoms with Crippen molar-refractivity contribution in [3.63, 3.8) is 0 Å². The average Bonchev–Trinajstić information content (AvgIpc) is 2.29. The van der Waals surface area contributed by atoms with E-state index in [-0.39, 0.29) is 0 Å². The van der Waals surface area contributed by atoms with Crippen LogP contribution in [0.2, 0.25) is 0 Å². The lowest BCUT2D eigenvalue weighted by Gasteiger charge is -2.49. The molecule has 0 aliphatic carbocycles. The van der Waals surface area contributed by atoms with Crippen LogP contribution >= 0.6 is 0 Å². The van der Waals surface area contributed by atoms with Crippen molar-refractivity contribution in [2.24, 2.45) is 5.73 Å². The Balaban J connectivity index is 1.94. The van der Waals surface area contributed by atoms with Crippen LogP contribution in [0.4, 0.5) is 5.69 Å². The lowest BCUT2D eigenvalue weighted by Crippen LogP contribution is -2.55.